The number of rotatable bonds is 7. The Hall–Kier alpha value is -1.91. The van der Waals surface area contributed by atoms with Crippen LogP contribution in [-0.4, -0.2) is 58.6 Å². The van der Waals surface area contributed by atoms with Gasteiger partial charge in [0.15, 0.2) is 0 Å². The van der Waals surface area contributed by atoms with Crippen LogP contribution in [0.25, 0.3) is 16.8 Å². The molecule has 0 radical (unpaired) electrons. The fraction of sp³-hybridized carbons (Fsp3) is 0.522. The molecule has 1 fully saturated rings. The number of allylic oxidation sites excluding steroid dienone is 2. The van der Waals surface area contributed by atoms with Gasteiger partial charge >= 0.3 is 0 Å². The highest BCUT2D eigenvalue weighted by Gasteiger charge is 2.24. The summed E-state index contributed by atoms with van der Waals surface area (Å²) in [6, 6.07) is 11.1. The van der Waals surface area contributed by atoms with Gasteiger partial charge in [-0.15, -0.1) is 0 Å². The van der Waals surface area contributed by atoms with Gasteiger partial charge in [-0.25, -0.2) is 4.98 Å². The van der Waals surface area contributed by atoms with Crippen molar-refractivity contribution in [3.05, 3.63) is 48.4 Å². The number of piperazine rings is 1. The van der Waals surface area contributed by atoms with E-state index in [1.54, 1.807) is 0 Å². The summed E-state index contributed by atoms with van der Waals surface area (Å²) in [5, 5.41) is 0. The first-order valence-corrected chi connectivity index (χ1v) is 10.4. The average Bonchev–Trinajstić information content (AvgIpc) is 3.12. The quantitative estimate of drug-likeness (QED) is 0.726. The summed E-state index contributed by atoms with van der Waals surface area (Å²) < 4.78 is 2.40. The van der Waals surface area contributed by atoms with Gasteiger partial charge in [-0.2, -0.15) is 0 Å². The van der Waals surface area contributed by atoms with Crippen molar-refractivity contribution in [3.63, 3.8) is 0 Å². The summed E-state index contributed by atoms with van der Waals surface area (Å²) in [6.45, 7) is 12.3. The van der Waals surface area contributed by atoms with Crippen LogP contribution in [0.4, 0.5) is 0 Å². The zero-order valence-corrected chi connectivity index (χ0v) is 17.4. The SMILES string of the molecule is C/C=C(\CC)c1c(-c2ccccc2)ncn1C[C@@H](CC)N1CCN(C)CC1. The highest BCUT2D eigenvalue weighted by Crippen LogP contribution is 2.30. The number of likely N-dealkylation sites (N-methyl/N-ethyl adjacent to an activating group) is 1. The first-order chi connectivity index (χ1) is 13.2. The monoisotopic (exact) mass is 366 g/mol. The van der Waals surface area contributed by atoms with Crippen molar-refractivity contribution in [1.82, 2.24) is 19.4 Å². The Morgan fingerprint density at radius 3 is 2.41 bits per heavy atom. The summed E-state index contributed by atoms with van der Waals surface area (Å²) in [5.74, 6) is 0. The number of aromatic nitrogens is 2. The van der Waals surface area contributed by atoms with Crippen molar-refractivity contribution in [2.75, 3.05) is 33.2 Å². The standard InChI is InChI=1S/C23H34N4/c1-5-19(6-2)23-22(20-11-9-8-10-12-20)24-18-27(23)17-21(7-3)26-15-13-25(4)14-16-26/h5,8-12,18,21H,6-7,13-17H2,1-4H3/b19-5+/t21-/m1/s1. The molecule has 2 heterocycles. The molecule has 1 aliphatic rings. The zero-order chi connectivity index (χ0) is 19.2. The third kappa shape index (κ3) is 4.50. The third-order valence-electron chi connectivity index (χ3n) is 5.85. The lowest BCUT2D eigenvalue weighted by atomic mass is 10.0. The lowest BCUT2D eigenvalue weighted by Gasteiger charge is -2.38. The average molecular weight is 367 g/mol. The lowest BCUT2D eigenvalue weighted by Crippen LogP contribution is -2.50. The number of imidazole rings is 1. The number of hydrogen-bond donors (Lipinski definition) is 0. The Bertz CT molecular complexity index is 739. The predicted molar refractivity (Wildman–Crippen MR) is 115 cm³/mol. The topological polar surface area (TPSA) is 24.3 Å². The lowest BCUT2D eigenvalue weighted by molar-refractivity contribution is 0.0998. The first kappa shape index (κ1) is 19.8. The minimum atomic E-state index is 0.560. The van der Waals surface area contributed by atoms with Crippen molar-refractivity contribution in [3.8, 4) is 11.3 Å². The molecule has 0 spiro atoms. The second-order valence-electron chi connectivity index (χ2n) is 7.53. The molecule has 1 aromatic carbocycles. The van der Waals surface area contributed by atoms with Gasteiger partial charge in [-0.3, -0.25) is 4.90 Å². The van der Waals surface area contributed by atoms with Crippen molar-refractivity contribution in [1.29, 1.82) is 0 Å². The molecule has 0 bridgehead atoms. The summed E-state index contributed by atoms with van der Waals surface area (Å²) in [4.78, 5) is 9.93. The maximum absolute atomic E-state index is 4.84. The van der Waals surface area contributed by atoms with E-state index in [2.05, 4.69) is 84.9 Å². The molecule has 1 aliphatic heterocycles. The molecule has 1 saturated heterocycles. The molecule has 4 nitrogen and oxygen atoms in total. The van der Waals surface area contributed by atoms with Gasteiger partial charge < -0.3 is 9.47 Å². The van der Waals surface area contributed by atoms with Crippen LogP contribution in [0.2, 0.25) is 0 Å². The van der Waals surface area contributed by atoms with E-state index in [1.807, 2.05) is 0 Å². The summed E-state index contributed by atoms with van der Waals surface area (Å²) in [7, 11) is 2.22. The minimum absolute atomic E-state index is 0.560. The molecular formula is C23H34N4. The fourth-order valence-corrected chi connectivity index (χ4v) is 4.09. The van der Waals surface area contributed by atoms with E-state index < -0.39 is 0 Å². The normalized spacial score (nSPS) is 18.0. The van der Waals surface area contributed by atoms with Gasteiger partial charge in [0.05, 0.1) is 17.7 Å². The molecule has 1 atom stereocenters. The Morgan fingerprint density at radius 2 is 1.81 bits per heavy atom. The smallest absolute Gasteiger partial charge is 0.0959 e. The van der Waals surface area contributed by atoms with E-state index in [4.69, 9.17) is 4.98 Å². The van der Waals surface area contributed by atoms with E-state index >= 15 is 0 Å². The predicted octanol–water partition coefficient (Wildman–Crippen LogP) is 4.39. The molecular weight excluding hydrogens is 332 g/mol. The molecule has 27 heavy (non-hydrogen) atoms. The molecule has 0 saturated carbocycles. The van der Waals surface area contributed by atoms with Crippen LogP contribution in [0, 0.1) is 0 Å². The van der Waals surface area contributed by atoms with Crippen LogP contribution in [-0.2, 0) is 6.54 Å². The second kappa shape index (κ2) is 9.34. The Labute approximate surface area is 164 Å². The van der Waals surface area contributed by atoms with Crippen LogP contribution >= 0.6 is 0 Å². The van der Waals surface area contributed by atoms with Crippen LogP contribution in [0.5, 0.6) is 0 Å². The van der Waals surface area contributed by atoms with Crippen LogP contribution in [0.3, 0.4) is 0 Å². The highest BCUT2D eigenvalue weighted by molar-refractivity contribution is 5.77. The zero-order valence-electron chi connectivity index (χ0n) is 17.4. The second-order valence-corrected chi connectivity index (χ2v) is 7.53. The van der Waals surface area contributed by atoms with Gasteiger partial charge in [0, 0.05) is 44.3 Å². The number of nitrogens with zero attached hydrogens (tertiary/aromatic N) is 4. The summed E-state index contributed by atoms with van der Waals surface area (Å²) in [6.07, 6.45) is 6.49. The van der Waals surface area contributed by atoms with Crippen molar-refractivity contribution in [2.24, 2.45) is 0 Å². The molecule has 0 amide bonds. The number of benzene rings is 1. The third-order valence-corrected chi connectivity index (χ3v) is 5.85. The fourth-order valence-electron chi connectivity index (χ4n) is 4.09. The molecule has 2 aromatic rings. The van der Waals surface area contributed by atoms with Crippen LogP contribution < -0.4 is 0 Å². The Balaban J connectivity index is 1.91. The van der Waals surface area contributed by atoms with Gasteiger partial charge in [-0.1, -0.05) is 50.3 Å². The maximum Gasteiger partial charge on any atom is 0.0959 e. The Morgan fingerprint density at radius 1 is 1.11 bits per heavy atom. The molecule has 3 rings (SSSR count). The number of hydrogen-bond acceptors (Lipinski definition) is 3. The van der Waals surface area contributed by atoms with E-state index in [0.29, 0.717) is 6.04 Å². The minimum Gasteiger partial charge on any atom is -0.329 e. The summed E-state index contributed by atoms with van der Waals surface area (Å²) in [5.41, 5.74) is 4.98. The molecule has 4 heteroatoms. The highest BCUT2D eigenvalue weighted by atomic mass is 15.3. The molecule has 0 aliphatic carbocycles. The molecule has 0 unspecified atom stereocenters. The molecule has 146 valence electrons. The van der Waals surface area contributed by atoms with Crippen LogP contribution in [0.15, 0.2) is 42.7 Å². The van der Waals surface area contributed by atoms with Crippen molar-refractivity contribution in [2.45, 2.75) is 46.2 Å². The van der Waals surface area contributed by atoms with Crippen LogP contribution in [0.1, 0.15) is 39.3 Å². The summed E-state index contributed by atoms with van der Waals surface area (Å²) >= 11 is 0. The van der Waals surface area contributed by atoms with Gasteiger partial charge in [-0.05, 0) is 32.4 Å². The van der Waals surface area contributed by atoms with Gasteiger partial charge in [0.2, 0.25) is 0 Å². The van der Waals surface area contributed by atoms with E-state index in [1.165, 1.54) is 23.3 Å². The van der Waals surface area contributed by atoms with Crippen molar-refractivity contribution < 1.29 is 0 Å². The maximum atomic E-state index is 4.84. The van der Waals surface area contributed by atoms with E-state index in [-0.39, 0.29) is 0 Å². The largest absolute Gasteiger partial charge is 0.329 e. The molecule has 0 N–H and O–H groups in total. The van der Waals surface area contributed by atoms with Gasteiger partial charge in [0.1, 0.15) is 0 Å². The first-order valence-electron chi connectivity index (χ1n) is 10.4. The van der Waals surface area contributed by atoms with Gasteiger partial charge in [0.25, 0.3) is 0 Å². The van der Waals surface area contributed by atoms with E-state index in [9.17, 15) is 0 Å². The molecule has 1 aromatic heterocycles. The van der Waals surface area contributed by atoms with E-state index in [0.717, 1.165) is 44.8 Å². The van der Waals surface area contributed by atoms with Crippen molar-refractivity contribution >= 4 is 5.57 Å². The Kier molecular flexibility index (Phi) is 6.86.